The van der Waals surface area contributed by atoms with Crippen LogP contribution in [0.25, 0.3) is 0 Å². The fraction of sp³-hybridized carbons (Fsp3) is 0.261. The van der Waals surface area contributed by atoms with Crippen LogP contribution in [0.2, 0.25) is 5.02 Å². The van der Waals surface area contributed by atoms with Gasteiger partial charge in [0.1, 0.15) is 5.75 Å². The van der Waals surface area contributed by atoms with Gasteiger partial charge in [-0.15, -0.1) is 10.2 Å². The fourth-order valence-corrected chi connectivity index (χ4v) is 4.45. The van der Waals surface area contributed by atoms with Crippen LogP contribution in [0.5, 0.6) is 5.75 Å². The molecule has 9 nitrogen and oxygen atoms in total. The molecule has 1 atom stereocenters. The molecule has 0 spiro atoms. The van der Waals surface area contributed by atoms with E-state index in [0.29, 0.717) is 41.5 Å². The number of halogens is 1. The minimum absolute atomic E-state index is 0.0702. The molecule has 2 N–H and O–H groups in total. The largest absolute Gasteiger partial charge is 0.495 e. The van der Waals surface area contributed by atoms with E-state index in [4.69, 9.17) is 16.3 Å². The number of carbonyl (C=O) groups is 3. The van der Waals surface area contributed by atoms with Crippen molar-refractivity contribution in [3.8, 4) is 5.75 Å². The number of para-hydroxylation sites is 2. The summed E-state index contributed by atoms with van der Waals surface area (Å²) in [4.78, 5) is 39.9. The third-order valence-electron chi connectivity index (χ3n) is 5.35. The first-order valence-electron chi connectivity index (χ1n) is 10.6. The number of rotatable bonds is 6. The highest BCUT2D eigenvalue weighted by Crippen LogP contribution is 2.26. The molecule has 0 bridgehead atoms. The minimum atomic E-state index is -0.466. The Morgan fingerprint density at radius 3 is 2.56 bits per heavy atom. The van der Waals surface area contributed by atoms with Gasteiger partial charge in [-0.3, -0.25) is 14.4 Å². The lowest BCUT2D eigenvalue weighted by molar-refractivity contribution is -0.121. The van der Waals surface area contributed by atoms with Crippen LogP contribution in [-0.4, -0.2) is 53.0 Å². The van der Waals surface area contributed by atoms with Gasteiger partial charge in [-0.05, 0) is 49.2 Å². The van der Waals surface area contributed by atoms with Crippen LogP contribution >= 0.6 is 22.9 Å². The van der Waals surface area contributed by atoms with Crippen molar-refractivity contribution in [3.63, 3.8) is 0 Å². The maximum absolute atomic E-state index is 13.0. The summed E-state index contributed by atoms with van der Waals surface area (Å²) in [6, 6.07) is 13.8. The van der Waals surface area contributed by atoms with Crippen LogP contribution in [0.3, 0.4) is 0 Å². The van der Waals surface area contributed by atoms with Crippen LogP contribution < -0.4 is 15.4 Å². The van der Waals surface area contributed by atoms with E-state index in [9.17, 15) is 14.4 Å². The Hall–Kier alpha value is -3.50. The smallest absolute Gasteiger partial charge is 0.286 e. The van der Waals surface area contributed by atoms with Gasteiger partial charge in [-0.25, -0.2) is 0 Å². The van der Waals surface area contributed by atoms with Gasteiger partial charge in [0.05, 0.1) is 18.7 Å². The molecule has 34 heavy (non-hydrogen) atoms. The fourth-order valence-electron chi connectivity index (χ4n) is 3.61. The lowest BCUT2D eigenvalue weighted by atomic mass is 9.97. The van der Waals surface area contributed by atoms with E-state index in [1.54, 1.807) is 41.3 Å². The van der Waals surface area contributed by atoms with Gasteiger partial charge in [-0.1, -0.05) is 35.1 Å². The van der Waals surface area contributed by atoms with E-state index in [0.717, 1.165) is 11.3 Å². The van der Waals surface area contributed by atoms with Crippen LogP contribution in [-0.2, 0) is 4.79 Å². The van der Waals surface area contributed by atoms with Gasteiger partial charge >= 0.3 is 0 Å². The predicted molar refractivity (Wildman–Crippen MR) is 130 cm³/mol. The van der Waals surface area contributed by atoms with Crippen molar-refractivity contribution < 1.29 is 19.1 Å². The lowest BCUT2D eigenvalue weighted by Crippen LogP contribution is -2.43. The molecule has 3 amide bonds. The van der Waals surface area contributed by atoms with Crippen molar-refractivity contribution in [2.75, 3.05) is 30.8 Å². The van der Waals surface area contributed by atoms with Gasteiger partial charge in [-0.2, -0.15) is 0 Å². The van der Waals surface area contributed by atoms with E-state index in [1.165, 1.54) is 7.11 Å². The Labute approximate surface area is 205 Å². The standard InChI is InChI=1S/C23H22ClN5O4S/c1-33-18-7-3-2-6-17(18)26-19(30)14-5-4-12-29(13-14)23(32)22-28-27-21(34-22)20(31)25-16-10-8-15(24)9-11-16/h2-3,6-11,14H,4-5,12-13H2,1H3,(H,25,31)(H,26,30). The zero-order chi connectivity index (χ0) is 24.1. The summed E-state index contributed by atoms with van der Waals surface area (Å²) >= 11 is 6.77. The van der Waals surface area contributed by atoms with Gasteiger partial charge < -0.3 is 20.3 Å². The number of piperidine rings is 1. The van der Waals surface area contributed by atoms with Crippen molar-refractivity contribution >= 4 is 52.0 Å². The summed E-state index contributed by atoms with van der Waals surface area (Å²) in [6.45, 7) is 0.759. The molecule has 176 valence electrons. The topological polar surface area (TPSA) is 114 Å². The second-order valence-electron chi connectivity index (χ2n) is 7.65. The number of carbonyl (C=O) groups excluding carboxylic acids is 3. The first kappa shape index (κ1) is 23.7. The molecule has 1 aliphatic heterocycles. The third kappa shape index (κ3) is 5.52. The van der Waals surface area contributed by atoms with Gasteiger partial charge in [0.25, 0.3) is 11.8 Å². The third-order valence-corrected chi connectivity index (χ3v) is 6.51. The molecular weight excluding hydrogens is 478 g/mol. The number of nitrogens with one attached hydrogen (secondary N) is 2. The number of nitrogens with zero attached hydrogens (tertiary/aromatic N) is 3. The van der Waals surface area contributed by atoms with Gasteiger partial charge in [0.15, 0.2) is 0 Å². The molecule has 1 fully saturated rings. The normalized spacial score (nSPS) is 15.5. The van der Waals surface area contributed by atoms with Crippen molar-refractivity contribution in [2.24, 2.45) is 5.92 Å². The Morgan fingerprint density at radius 2 is 1.79 bits per heavy atom. The number of anilines is 2. The molecule has 1 saturated heterocycles. The average molecular weight is 500 g/mol. The number of likely N-dealkylation sites (tertiary alicyclic amines) is 1. The number of amides is 3. The Morgan fingerprint density at radius 1 is 1.06 bits per heavy atom. The molecular formula is C23H22ClN5O4S. The first-order chi connectivity index (χ1) is 16.4. The summed E-state index contributed by atoms with van der Waals surface area (Å²) in [5.41, 5.74) is 1.14. The molecule has 4 rings (SSSR count). The molecule has 1 unspecified atom stereocenters. The van der Waals surface area contributed by atoms with Crippen LogP contribution in [0, 0.1) is 5.92 Å². The van der Waals surface area contributed by atoms with Crippen LogP contribution in [0.15, 0.2) is 48.5 Å². The van der Waals surface area contributed by atoms with E-state index in [1.807, 2.05) is 12.1 Å². The number of benzene rings is 2. The lowest BCUT2D eigenvalue weighted by Gasteiger charge is -2.31. The van der Waals surface area contributed by atoms with Crippen LogP contribution in [0.1, 0.15) is 32.4 Å². The first-order valence-corrected chi connectivity index (χ1v) is 11.8. The van der Waals surface area contributed by atoms with E-state index < -0.39 is 5.91 Å². The molecule has 11 heteroatoms. The summed E-state index contributed by atoms with van der Waals surface area (Å²) < 4.78 is 5.28. The molecule has 0 aliphatic carbocycles. The van der Waals surface area contributed by atoms with Gasteiger partial charge in [0.2, 0.25) is 15.9 Å². The van der Waals surface area contributed by atoms with Crippen molar-refractivity contribution in [1.29, 1.82) is 0 Å². The zero-order valence-corrected chi connectivity index (χ0v) is 19.9. The number of methoxy groups -OCH3 is 1. The number of ether oxygens (including phenoxy) is 1. The molecule has 3 aromatic rings. The highest BCUT2D eigenvalue weighted by molar-refractivity contribution is 7.15. The molecule has 0 radical (unpaired) electrons. The maximum atomic E-state index is 13.0. The summed E-state index contributed by atoms with van der Waals surface area (Å²) in [7, 11) is 1.54. The Balaban J connectivity index is 1.38. The second kappa shape index (κ2) is 10.6. The number of hydrogen-bond donors (Lipinski definition) is 2. The van der Waals surface area contributed by atoms with E-state index in [-0.39, 0.29) is 34.3 Å². The van der Waals surface area contributed by atoms with Gasteiger partial charge in [0, 0.05) is 23.8 Å². The summed E-state index contributed by atoms with van der Waals surface area (Å²) in [5, 5.41) is 14.1. The van der Waals surface area contributed by atoms with Crippen molar-refractivity contribution in [2.45, 2.75) is 12.8 Å². The highest BCUT2D eigenvalue weighted by atomic mass is 35.5. The van der Waals surface area contributed by atoms with Crippen molar-refractivity contribution in [1.82, 2.24) is 15.1 Å². The maximum Gasteiger partial charge on any atom is 0.286 e. The number of aromatic nitrogens is 2. The zero-order valence-electron chi connectivity index (χ0n) is 18.3. The minimum Gasteiger partial charge on any atom is -0.495 e. The molecule has 1 aliphatic rings. The molecule has 2 aromatic carbocycles. The highest BCUT2D eigenvalue weighted by Gasteiger charge is 2.31. The van der Waals surface area contributed by atoms with E-state index >= 15 is 0 Å². The SMILES string of the molecule is COc1ccccc1NC(=O)C1CCCN(C(=O)c2nnc(C(=O)Nc3ccc(Cl)cc3)s2)C1. The predicted octanol–water partition coefficient (Wildman–Crippen LogP) is 3.94. The van der Waals surface area contributed by atoms with Crippen LogP contribution in [0.4, 0.5) is 11.4 Å². The Bertz CT molecular complexity index is 1200. The average Bonchev–Trinajstić information content (AvgIpc) is 3.36. The number of hydrogen-bond acceptors (Lipinski definition) is 7. The molecule has 2 heterocycles. The monoisotopic (exact) mass is 499 g/mol. The summed E-state index contributed by atoms with van der Waals surface area (Å²) in [5.74, 6) is -0.798. The molecule has 0 saturated carbocycles. The molecule has 1 aromatic heterocycles. The van der Waals surface area contributed by atoms with E-state index in [2.05, 4.69) is 20.8 Å². The summed E-state index contributed by atoms with van der Waals surface area (Å²) in [6.07, 6.45) is 1.34. The quantitative estimate of drug-likeness (QED) is 0.531. The Kier molecular flexibility index (Phi) is 7.39. The van der Waals surface area contributed by atoms with Crippen molar-refractivity contribution in [3.05, 3.63) is 63.6 Å². The second-order valence-corrected chi connectivity index (χ2v) is 9.07.